The van der Waals surface area contributed by atoms with Crippen LogP contribution in [-0.2, 0) is 15.1 Å². The second kappa shape index (κ2) is 9.54. The van der Waals surface area contributed by atoms with Crippen LogP contribution in [0.15, 0.2) is 45.5 Å². The highest BCUT2D eigenvalue weighted by Gasteiger charge is 2.36. The molecule has 0 N–H and O–H groups in total. The third-order valence-electron chi connectivity index (χ3n) is 5.49. The van der Waals surface area contributed by atoms with Gasteiger partial charge in [-0.1, -0.05) is 11.8 Å². The summed E-state index contributed by atoms with van der Waals surface area (Å²) in [6.45, 7) is 1.24. The molecule has 1 aliphatic heterocycles. The van der Waals surface area contributed by atoms with Crippen molar-refractivity contribution in [2.45, 2.75) is 27.5 Å². The molecule has 0 atom stereocenters. The van der Waals surface area contributed by atoms with Gasteiger partial charge in [-0.25, -0.2) is 22.0 Å². The first-order valence-electron chi connectivity index (χ1n) is 9.84. The summed E-state index contributed by atoms with van der Waals surface area (Å²) in [6, 6.07) is 9.62. The Morgan fingerprint density at radius 1 is 0.909 bits per heavy atom. The maximum absolute atomic E-state index is 14.0. The van der Waals surface area contributed by atoms with E-state index in [0.29, 0.717) is 13.2 Å². The predicted molar refractivity (Wildman–Crippen MR) is 113 cm³/mol. The molecule has 0 bridgehead atoms. The van der Waals surface area contributed by atoms with Gasteiger partial charge in [-0.15, -0.1) is 11.3 Å². The summed E-state index contributed by atoms with van der Waals surface area (Å²) < 4.78 is 80.2. The number of ether oxygens (including phenoxy) is 2. The van der Waals surface area contributed by atoms with Gasteiger partial charge in [0, 0.05) is 48.5 Å². The summed E-state index contributed by atoms with van der Waals surface area (Å²) >= 11 is 2.98. The number of rotatable bonds is 6. The number of hydrogen-bond acceptors (Lipinski definition) is 5. The molecule has 0 aliphatic carbocycles. The SMILES string of the molecule is COC1(c2ccc(Sc3ccc(C(=O)c4c(F)c(F)c(F)c(F)c4F)cc3)s2)CCOCC1. The first-order valence-corrected chi connectivity index (χ1v) is 11.5. The molecule has 10 heteroatoms. The zero-order valence-corrected chi connectivity index (χ0v) is 18.9. The lowest BCUT2D eigenvalue weighted by Crippen LogP contribution is -2.34. The number of halogens is 5. The quantitative estimate of drug-likeness (QED) is 0.168. The number of thiophene rings is 1. The van der Waals surface area contributed by atoms with E-state index in [1.807, 2.05) is 12.1 Å². The van der Waals surface area contributed by atoms with Gasteiger partial charge in [0.15, 0.2) is 29.1 Å². The standard InChI is InChI=1S/C23H17F5O3S2/c1-30-23(8-10-31-11-9-23)14-6-7-15(33-14)32-13-4-2-12(3-5-13)22(29)16-17(24)19(26)21(28)20(27)18(16)25/h2-7H,8-11H2,1H3. The Labute approximate surface area is 194 Å². The third kappa shape index (κ3) is 4.44. The molecule has 0 amide bonds. The van der Waals surface area contributed by atoms with Crippen molar-refractivity contribution in [1.82, 2.24) is 0 Å². The Hall–Kier alpha value is -2.27. The fourth-order valence-corrected chi connectivity index (χ4v) is 5.94. The maximum Gasteiger partial charge on any atom is 0.200 e. The Balaban J connectivity index is 1.53. The van der Waals surface area contributed by atoms with Crippen LogP contribution in [0, 0.1) is 29.1 Å². The first kappa shape index (κ1) is 23.9. The van der Waals surface area contributed by atoms with Crippen molar-refractivity contribution in [1.29, 1.82) is 0 Å². The molecule has 0 radical (unpaired) electrons. The molecule has 0 unspecified atom stereocenters. The highest BCUT2D eigenvalue weighted by molar-refractivity contribution is 8.01. The van der Waals surface area contributed by atoms with Gasteiger partial charge in [0.1, 0.15) is 11.2 Å². The van der Waals surface area contributed by atoms with E-state index < -0.39 is 40.4 Å². The average Bonchev–Trinajstić information content (AvgIpc) is 3.31. The van der Waals surface area contributed by atoms with Gasteiger partial charge in [-0.2, -0.15) is 0 Å². The van der Waals surface area contributed by atoms with Crippen LogP contribution in [-0.4, -0.2) is 26.1 Å². The van der Waals surface area contributed by atoms with Gasteiger partial charge in [0.2, 0.25) is 5.82 Å². The number of methoxy groups -OCH3 is 1. The molecule has 33 heavy (non-hydrogen) atoms. The van der Waals surface area contributed by atoms with E-state index in [0.717, 1.165) is 26.8 Å². The molecule has 174 valence electrons. The van der Waals surface area contributed by atoms with Crippen molar-refractivity contribution >= 4 is 28.9 Å². The molecular formula is C23H17F5O3S2. The fraction of sp³-hybridized carbons (Fsp3) is 0.261. The van der Waals surface area contributed by atoms with Gasteiger partial charge in [0.25, 0.3) is 0 Å². The van der Waals surface area contributed by atoms with Gasteiger partial charge in [0.05, 0.1) is 4.21 Å². The van der Waals surface area contributed by atoms with E-state index in [1.165, 1.54) is 23.9 Å². The summed E-state index contributed by atoms with van der Waals surface area (Å²) in [4.78, 5) is 14.3. The monoisotopic (exact) mass is 500 g/mol. The second-order valence-electron chi connectivity index (χ2n) is 7.33. The zero-order valence-electron chi connectivity index (χ0n) is 17.2. The maximum atomic E-state index is 14.0. The van der Waals surface area contributed by atoms with Crippen molar-refractivity contribution in [3.05, 3.63) is 81.5 Å². The molecular weight excluding hydrogens is 483 g/mol. The molecule has 3 aromatic rings. The average molecular weight is 501 g/mol. The Bertz CT molecular complexity index is 1160. The van der Waals surface area contributed by atoms with Gasteiger partial charge in [-0.05, 0) is 36.4 Å². The lowest BCUT2D eigenvalue weighted by atomic mass is 9.92. The lowest BCUT2D eigenvalue weighted by molar-refractivity contribution is -0.0925. The molecule has 2 aromatic carbocycles. The number of ketones is 1. The number of carbonyl (C=O) groups excluding carboxylic acids is 1. The molecule has 1 aliphatic rings. The number of hydrogen-bond donors (Lipinski definition) is 0. The second-order valence-corrected chi connectivity index (χ2v) is 9.79. The Morgan fingerprint density at radius 2 is 1.48 bits per heavy atom. The van der Waals surface area contributed by atoms with E-state index >= 15 is 0 Å². The van der Waals surface area contributed by atoms with Crippen molar-refractivity contribution in [2.24, 2.45) is 0 Å². The third-order valence-corrected chi connectivity index (χ3v) is 7.90. The summed E-state index contributed by atoms with van der Waals surface area (Å²) in [5.74, 6) is -12.2. The van der Waals surface area contributed by atoms with E-state index in [-0.39, 0.29) is 11.2 Å². The molecule has 0 spiro atoms. The van der Waals surface area contributed by atoms with Crippen molar-refractivity contribution in [2.75, 3.05) is 20.3 Å². The van der Waals surface area contributed by atoms with E-state index in [9.17, 15) is 26.7 Å². The Kier molecular flexibility index (Phi) is 6.90. The molecule has 0 saturated carbocycles. The topological polar surface area (TPSA) is 35.5 Å². The molecule has 1 aromatic heterocycles. The van der Waals surface area contributed by atoms with Crippen LogP contribution in [0.25, 0.3) is 0 Å². The van der Waals surface area contributed by atoms with E-state index in [1.54, 1.807) is 30.6 Å². The van der Waals surface area contributed by atoms with Crippen molar-refractivity contribution < 1.29 is 36.2 Å². The minimum Gasteiger partial charge on any atom is -0.381 e. The van der Waals surface area contributed by atoms with Crippen LogP contribution in [0.1, 0.15) is 33.6 Å². The highest BCUT2D eigenvalue weighted by Crippen LogP contribution is 2.43. The number of benzene rings is 2. The Morgan fingerprint density at radius 3 is 2.06 bits per heavy atom. The summed E-state index contributed by atoms with van der Waals surface area (Å²) in [6.07, 6.45) is 1.51. The summed E-state index contributed by atoms with van der Waals surface area (Å²) in [5.41, 5.74) is -2.06. The first-order chi connectivity index (χ1) is 15.8. The fourth-order valence-electron chi connectivity index (χ4n) is 3.61. The minimum absolute atomic E-state index is 0.199. The molecule has 1 fully saturated rings. The highest BCUT2D eigenvalue weighted by atomic mass is 32.2. The summed E-state index contributed by atoms with van der Waals surface area (Å²) in [5, 5.41) is 0. The van der Waals surface area contributed by atoms with Crippen LogP contribution in [0.5, 0.6) is 0 Å². The molecule has 3 nitrogen and oxygen atoms in total. The van der Waals surface area contributed by atoms with Gasteiger partial charge >= 0.3 is 0 Å². The molecule has 4 rings (SSSR count). The van der Waals surface area contributed by atoms with Crippen molar-refractivity contribution in [3.8, 4) is 0 Å². The van der Waals surface area contributed by atoms with E-state index in [2.05, 4.69) is 0 Å². The van der Waals surface area contributed by atoms with Crippen LogP contribution in [0.3, 0.4) is 0 Å². The smallest absolute Gasteiger partial charge is 0.200 e. The van der Waals surface area contributed by atoms with Gasteiger partial charge < -0.3 is 9.47 Å². The minimum atomic E-state index is -2.31. The largest absolute Gasteiger partial charge is 0.381 e. The summed E-state index contributed by atoms with van der Waals surface area (Å²) in [7, 11) is 1.68. The van der Waals surface area contributed by atoms with Crippen molar-refractivity contribution in [3.63, 3.8) is 0 Å². The molecule has 2 heterocycles. The lowest BCUT2D eigenvalue weighted by Gasteiger charge is -2.35. The van der Waals surface area contributed by atoms with Crippen LogP contribution in [0.2, 0.25) is 0 Å². The van der Waals surface area contributed by atoms with E-state index in [4.69, 9.17) is 9.47 Å². The van der Waals surface area contributed by atoms with Crippen LogP contribution in [0.4, 0.5) is 22.0 Å². The van der Waals surface area contributed by atoms with Gasteiger partial charge in [-0.3, -0.25) is 4.79 Å². The molecule has 1 saturated heterocycles. The number of carbonyl (C=O) groups is 1. The zero-order chi connectivity index (χ0) is 23.8. The predicted octanol–water partition coefficient (Wildman–Crippen LogP) is 6.48. The van der Waals surface area contributed by atoms with Crippen LogP contribution >= 0.6 is 23.1 Å². The van der Waals surface area contributed by atoms with Crippen LogP contribution < -0.4 is 0 Å². The normalized spacial score (nSPS) is 15.6.